The SMILES string of the molecule is CCC(CC1OC1C)c1ccc([N+](=O)[O-])cc1. The van der Waals surface area contributed by atoms with E-state index in [4.69, 9.17) is 4.74 Å². The Hall–Kier alpha value is -1.42. The van der Waals surface area contributed by atoms with Crippen LogP contribution in [0.25, 0.3) is 0 Å². The molecule has 0 aromatic heterocycles. The van der Waals surface area contributed by atoms with Gasteiger partial charge in [-0.25, -0.2) is 0 Å². The van der Waals surface area contributed by atoms with E-state index >= 15 is 0 Å². The minimum atomic E-state index is -0.364. The largest absolute Gasteiger partial charge is 0.370 e. The second kappa shape index (κ2) is 4.84. The summed E-state index contributed by atoms with van der Waals surface area (Å²) in [4.78, 5) is 10.2. The van der Waals surface area contributed by atoms with Crippen molar-refractivity contribution in [1.29, 1.82) is 0 Å². The lowest BCUT2D eigenvalue weighted by Crippen LogP contribution is -2.03. The number of nitro groups is 1. The Labute approximate surface area is 101 Å². The van der Waals surface area contributed by atoms with E-state index in [0.29, 0.717) is 18.1 Å². The first-order chi connectivity index (χ1) is 8.11. The summed E-state index contributed by atoms with van der Waals surface area (Å²) < 4.78 is 5.42. The molecule has 4 heteroatoms. The molecule has 1 fully saturated rings. The van der Waals surface area contributed by atoms with Gasteiger partial charge in [0.1, 0.15) is 0 Å². The van der Waals surface area contributed by atoms with E-state index in [-0.39, 0.29) is 10.6 Å². The van der Waals surface area contributed by atoms with Crippen LogP contribution >= 0.6 is 0 Å². The van der Waals surface area contributed by atoms with Crippen molar-refractivity contribution in [2.45, 2.75) is 44.8 Å². The molecule has 0 N–H and O–H groups in total. The van der Waals surface area contributed by atoms with Crippen LogP contribution in [0.1, 0.15) is 38.2 Å². The maximum Gasteiger partial charge on any atom is 0.269 e. The highest BCUT2D eigenvalue weighted by atomic mass is 16.6. The number of hydrogen-bond donors (Lipinski definition) is 0. The lowest BCUT2D eigenvalue weighted by atomic mass is 9.91. The minimum Gasteiger partial charge on any atom is -0.370 e. The van der Waals surface area contributed by atoms with Crippen molar-refractivity contribution in [2.24, 2.45) is 0 Å². The predicted molar refractivity (Wildman–Crippen MR) is 65.1 cm³/mol. The summed E-state index contributed by atoms with van der Waals surface area (Å²) in [6.07, 6.45) is 2.79. The summed E-state index contributed by atoms with van der Waals surface area (Å²) >= 11 is 0. The Balaban J connectivity index is 2.05. The molecular weight excluding hydrogens is 218 g/mol. The molecule has 17 heavy (non-hydrogen) atoms. The first-order valence-corrected chi connectivity index (χ1v) is 6.01. The van der Waals surface area contributed by atoms with Gasteiger partial charge in [0.15, 0.2) is 0 Å². The minimum absolute atomic E-state index is 0.152. The van der Waals surface area contributed by atoms with Crippen LogP contribution in [0.5, 0.6) is 0 Å². The van der Waals surface area contributed by atoms with E-state index in [1.54, 1.807) is 12.1 Å². The molecule has 1 heterocycles. The van der Waals surface area contributed by atoms with Crippen molar-refractivity contribution in [3.63, 3.8) is 0 Å². The standard InChI is InChI=1S/C13H17NO3/c1-3-10(8-13-9(2)17-13)11-4-6-12(7-5-11)14(15)16/h4-7,9-10,13H,3,8H2,1-2H3. The van der Waals surface area contributed by atoms with Crippen molar-refractivity contribution < 1.29 is 9.66 Å². The van der Waals surface area contributed by atoms with Crippen LogP contribution in [0.15, 0.2) is 24.3 Å². The summed E-state index contributed by atoms with van der Waals surface area (Å²) in [5.74, 6) is 0.436. The Morgan fingerprint density at radius 3 is 2.41 bits per heavy atom. The molecular formula is C13H17NO3. The number of nitro benzene ring substituents is 1. The molecule has 1 aromatic carbocycles. The van der Waals surface area contributed by atoms with Gasteiger partial charge in [0, 0.05) is 12.1 Å². The van der Waals surface area contributed by atoms with Crippen molar-refractivity contribution in [2.75, 3.05) is 0 Å². The smallest absolute Gasteiger partial charge is 0.269 e. The number of hydrogen-bond acceptors (Lipinski definition) is 3. The Kier molecular flexibility index (Phi) is 3.43. The molecule has 0 aliphatic carbocycles. The van der Waals surface area contributed by atoms with Gasteiger partial charge < -0.3 is 4.74 Å². The zero-order chi connectivity index (χ0) is 12.4. The van der Waals surface area contributed by atoms with Gasteiger partial charge in [0.05, 0.1) is 17.1 Å². The van der Waals surface area contributed by atoms with Crippen LogP contribution in [0, 0.1) is 10.1 Å². The van der Waals surface area contributed by atoms with Gasteiger partial charge in [0.2, 0.25) is 0 Å². The van der Waals surface area contributed by atoms with Crippen LogP contribution in [-0.4, -0.2) is 17.1 Å². The number of rotatable bonds is 5. The Bertz CT molecular complexity index is 402. The number of ether oxygens (including phenoxy) is 1. The molecule has 0 bridgehead atoms. The van der Waals surface area contributed by atoms with Gasteiger partial charge in [-0.2, -0.15) is 0 Å². The van der Waals surface area contributed by atoms with E-state index in [9.17, 15) is 10.1 Å². The van der Waals surface area contributed by atoms with E-state index in [0.717, 1.165) is 12.8 Å². The van der Waals surface area contributed by atoms with Gasteiger partial charge in [-0.1, -0.05) is 19.1 Å². The van der Waals surface area contributed by atoms with Gasteiger partial charge in [-0.15, -0.1) is 0 Å². The second-order valence-corrected chi connectivity index (χ2v) is 4.57. The summed E-state index contributed by atoms with van der Waals surface area (Å²) in [6.45, 7) is 4.21. The average molecular weight is 235 g/mol. The van der Waals surface area contributed by atoms with Gasteiger partial charge in [-0.3, -0.25) is 10.1 Å². The van der Waals surface area contributed by atoms with Crippen molar-refractivity contribution in [3.05, 3.63) is 39.9 Å². The fraction of sp³-hybridized carbons (Fsp3) is 0.538. The molecule has 4 nitrogen and oxygen atoms in total. The summed E-state index contributed by atoms with van der Waals surface area (Å²) in [5, 5.41) is 10.6. The van der Waals surface area contributed by atoms with Crippen LogP contribution in [0.2, 0.25) is 0 Å². The van der Waals surface area contributed by atoms with Crippen LogP contribution < -0.4 is 0 Å². The molecule has 1 aliphatic rings. The fourth-order valence-corrected chi connectivity index (χ4v) is 2.16. The van der Waals surface area contributed by atoms with Crippen molar-refractivity contribution in [3.8, 4) is 0 Å². The van der Waals surface area contributed by atoms with Gasteiger partial charge in [-0.05, 0) is 31.2 Å². The summed E-state index contributed by atoms with van der Waals surface area (Å²) in [6, 6.07) is 6.88. The van der Waals surface area contributed by atoms with Gasteiger partial charge >= 0.3 is 0 Å². The highest BCUT2D eigenvalue weighted by molar-refractivity contribution is 5.34. The maximum absolute atomic E-state index is 10.6. The molecule has 3 atom stereocenters. The predicted octanol–water partition coefficient (Wildman–Crippen LogP) is 3.27. The van der Waals surface area contributed by atoms with E-state index in [1.165, 1.54) is 5.56 Å². The van der Waals surface area contributed by atoms with Crippen LogP contribution in [0.4, 0.5) is 5.69 Å². The summed E-state index contributed by atoms with van der Waals surface area (Å²) in [5.41, 5.74) is 1.32. The van der Waals surface area contributed by atoms with Crippen molar-refractivity contribution in [1.82, 2.24) is 0 Å². The molecule has 0 amide bonds. The molecule has 1 aromatic rings. The zero-order valence-electron chi connectivity index (χ0n) is 10.1. The quantitative estimate of drug-likeness (QED) is 0.447. The monoisotopic (exact) mass is 235 g/mol. The lowest BCUT2D eigenvalue weighted by Gasteiger charge is -2.13. The third-order valence-corrected chi connectivity index (χ3v) is 3.42. The number of epoxide rings is 1. The van der Waals surface area contributed by atoms with E-state index < -0.39 is 0 Å². The van der Waals surface area contributed by atoms with Crippen LogP contribution in [0.3, 0.4) is 0 Å². The molecule has 1 aliphatic heterocycles. The third-order valence-electron chi connectivity index (χ3n) is 3.42. The Morgan fingerprint density at radius 1 is 1.41 bits per heavy atom. The van der Waals surface area contributed by atoms with E-state index in [2.05, 4.69) is 13.8 Å². The molecule has 3 unspecified atom stereocenters. The second-order valence-electron chi connectivity index (χ2n) is 4.57. The number of benzene rings is 1. The molecule has 0 spiro atoms. The molecule has 0 saturated carbocycles. The molecule has 92 valence electrons. The topological polar surface area (TPSA) is 55.7 Å². The van der Waals surface area contributed by atoms with E-state index in [1.807, 2.05) is 12.1 Å². The number of nitrogens with zero attached hydrogens (tertiary/aromatic N) is 1. The van der Waals surface area contributed by atoms with Crippen LogP contribution in [-0.2, 0) is 4.74 Å². The first kappa shape index (κ1) is 12.0. The maximum atomic E-state index is 10.6. The highest BCUT2D eigenvalue weighted by Gasteiger charge is 2.35. The normalized spacial score (nSPS) is 24.4. The fourth-order valence-electron chi connectivity index (χ4n) is 2.16. The molecule has 2 rings (SSSR count). The zero-order valence-corrected chi connectivity index (χ0v) is 10.1. The number of non-ortho nitro benzene ring substituents is 1. The first-order valence-electron chi connectivity index (χ1n) is 6.01. The highest BCUT2D eigenvalue weighted by Crippen LogP contribution is 2.34. The summed E-state index contributed by atoms with van der Waals surface area (Å²) in [7, 11) is 0. The average Bonchev–Trinajstić information content (AvgIpc) is 3.02. The molecule has 0 radical (unpaired) electrons. The molecule has 1 saturated heterocycles. The lowest BCUT2D eigenvalue weighted by molar-refractivity contribution is -0.384. The van der Waals surface area contributed by atoms with Crippen molar-refractivity contribution >= 4 is 5.69 Å². The van der Waals surface area contributed by atoms with Gasteiger partial charge in [0.25, 0.3) is 5.69 Å². The Morgan fingerprint density at radius 2 is 2.00 bits per heavy atom. The third kappa shape index (κ3) is 2.82.